The zero-order valence-electron chi connectivity index (χ0n) is 23.6. The molecule has 0 spiro atoms. The summed E-state index contributed by atoms with van der Waals surface area (Å²) in [7, 11) is 1.89. The van der Waals surface area contributed by atoms with Crippen molar-refractivity contribution in [3.63, 3.8) is 0 Å². The van der Waals surface area contributed by atoms with Crippen molar-refractivity contribution in [3.8, 4) is 17.3 Å². The predicted molar refractivity (Wildman–Crippen MR) is 153 cm³/mol. The SMILES string of the molecule is Cn1c(-c2cc3cccc(O[C@H](F)Cn4cnc(F)c4)c3n2CC2CC2)nc2cc3c(nc21)CCN(C[C@H](N)CF)C3=O. The number of para-hydroxylation sites is 1. The van der Waals surface area contributed by atoms with E-state index in [4.69, 9.17) is 20.4 Å². The molecule has 0 saturated heterocycles. The van der Waals surface area contributed by atoms with E-state index >= 15 is 4.39 Å². The molecule has 2 atom stereocenters. The fourth-order valence-corrected chi connectivity index (χ4v) is 5.86. The molecule has 5 heterocycles. The van der Waals surface area contributed by atoms with Gasteiger partial charge in [0.05, 0.1) is 47.6 Å². The second kappa shape index (κ2) is 10.7. The highest BCUT2D eigenvalue weighted by molar-refractivity contribution is 5.99. The van der Waals surface area contributed by atoms with Crippen LogP contribution in [-0.2, 0) is 26.6 Å². The second-order valence-corrected chi connectivity index (χ2v) is 11.4. The Bertz CT molecular complexity index is 1840. The molecule has 10 nitrogen and oxygen atoms in total. The van der Waals surface area contributed by atoms with Gasteiger partial charge in [0.1, 0.15) is 17.9 Å². The van der Waals surface area contributed by atoms with Gasteiger partial charge in [-0.1, -0.05) is 12.1 Å². The molecule has 0 bridgehead atoms. The van der Waals surface area contributed by atoms with Crippen LogP contribution in [0.15, 0.2) is 42.9 Å². The van der Waals surface area contributed by atoms with Gasteiger partial charge in [-0.2, -0.15) is 8.78 Å². The van der Waals surface area contributed by atoms with E-state index in [1.165, 1.54) is 10.9 Å². The number of aryl methyl sites for hydroxylation is 1. The van der Waals surface area contributed by atoms with Gasteiger partial charge in [-0.3, -0.25) is 4.79 Å². The first kappa shape index (κ1) is 27.4. The summed E-state index contributed by atoms with van der Waals surface area (Å²) in [5.74, 6) is 0.606. The number of benzene rings is 1. The van der Waals surface area contributed by atoms with Crippen molar-refractivity contribution in [2.24, 2.45) is 18.7 Å². The third-order valence-corrected chi connectivity index (χ3v) is 8.17. The van der Waals surface area contributed by atoms with Gasteiger partial charge < -0.3 is 29.1 Å². The molecule has 224 valence electrons. The summed E-state index contributed by atoms with van der Waals surface area (Å²) in [6, 6.07) is 8.52. The Morgan fingerprint density at radius 1 is 1.19 bits per heavy atom. The summed E-state index contributed by atoms with van der Waals surface area (Å²) in [5.41, 5.74) is 9.69. The maximum atomic E-state index is 15.1. The molecule has 0 unspecified atom stereocenters. The maximum Gasteiger partial charge on any atom is 0.256 e. The predicted octanol–water partition coefficient (Wildman–Crippen LogP) is 4.01. The molecular formula is C30H31F3N8O2. The van der Waals surface area contributed by atoms with E-state index in [9.17, 15) is 13.6 Å². The third kappa shape index (κ3) is 5.11. The molecule has 1 fully saturated rings. The number of fused-ring (bicyclic) bond motifs is 3. The number of nitrogens with two attached hydrogens (primary N) is 1. The Labute approximate surface area is 244 Å². The lowest BCUT2D eigenvalue weighted by molar-refractivity contribution is 0.0522. The number of rotatable bonds is 10. The zero-order valence-corrected chi connectivity index (χ0v) is 23.6. The Kier molecular flexibility index (Phi) is 6.83. The minimum Gasteiger partial charge on any atom is -0.456 e. The molecule has 7 rings (SSSR count). The second-order valence-electron chi connectivity index (χ2n) is 11.4. The number of pyridine rings is 1. The number of hydrogen-bond donors (Lipinski definition) is 1. The van der Waals surface area contributed by atoms with Crippen LogP contribution in [0.4, 0.5) is 13.2 Å². The van der Waals surface area contributed by atoms with Crippen molar-refractivity contribution >= 4 is 28.0 Å². The van der Waals surface area contributed by atoms with Crippen molar-refractivity contribution in [3.05, 3.63) is 60.1 Å². The van der Waals surface area contributed by atoms with Gasteiger partial charge >= 0.3 is 0 Å². The molecule has 2 aliphatic rings. The van der Waals surface area contributed by atoms with Crippen molar-refractivity contribution in [2.75, 3.05) is 19.8 Å². The first-order valence-corrected chi connectivity index (χ1v) is 14.4. The average Bonchev–Trinajstić information content (AvgIpc) is 3.48. The number of aromatic nitrogens is 6. The lowest BCUT2D eigenvalue weighted by Gasteiger charge is -2.29. The molecule has 2 N–H and O–H groups in total. The summed E-state index contributed by atoms with van der Waals surface area (Å²) in [6.45, 7) is 0.367. The number of carbonyl (C=O) groups is 1. The minimum absolute atomic E-state index is 0.144. The van der Waals surface area contributed by atoms with Gasteiger partial charge in [0.15, 0.2) is 11.5 Å². The van der Waals surface area contributed by atoms with Crippen LogP contribution in [0.5, 0.6) is 5.75 Å². The van der Waals surface area contributed by atoms with E-state index in [1.54, 1.807) is 17.0 Å². The van der Waals surface area contributed by atoms with Crippen LogP contribution in [0.3, 0.4) is 0 Å². The van der Waals surface area contributed by atoms with Gasteiger partial charge in [-0.15, -0.1) is 0 Å². The van der Waals surface area contributed by atoms with Crippen molar-refractivity contribution in [2.45, 2.75) is 44.8 Å². The summed E-state index contributed by atoms with van der Waals surface area (Å²) >= 11 is 0. The summed E-state index contributed by atoms with van der Waals surface area (Å²) < 4.78 is 52.5. The molecule has 1 aliphatic heterocycles. The monoisotopic (exact) mass is 592 g/mol. The average molecular weight is 593 g/mol. The lowest BCUT2D eigenvalue weighted by atomic mass is 10.0. The molecule has 43 heavy (non-hydrogen) atoms. The summed E-state index contributed by atoms with van der Waals surface area (Å²) in [4.78, 5) is 28.0. The van der Waals surface area contributed by atoms with Crippen LogP contribution in [0.1, 0.15) is 28.9 Å². The van der Waals surface area contributed by atoms with Crippen molar-refractivity contribution < 1.29 is 22.7 Å². The minimum atomic E-state index is -1.73. The van der Waals surface area contributed by atoms with Crippen molar-refractivity contribution in [1.82, 2.24) is 33.6 Å². The highest BCUT2D eigenvalue weighted by atomic mass is 19.1. The number of carbonyl (C=O) groups excluding carboxylic acids is 1. The highest BCUT2D eigenvalue weighted by Crippen LogP contribution is 2.39. The highest BCUT2D eigenvalue weighted by Gasteiger charge is 2.30. The maximum absolute atomic E-state index is 15.1. The van der Waals surface area contributed by atoms with E-state index in [-0.39, 0.29) is 19.0 Å². The quantitative estimate of drug-likeness (QED) is 0.263. The fourth-order valence-electron chi connectivity index (χ4n) is 5.86. The fraction of sp³-hybridized carbons (Fsp3) is 0.400. The van der Waals surface area contributed by atoms with Crippen LogP contribution < -0.4 is 10.5 Å². The van der Waals surface area contributed by atoms with Crippen LogP contribution >= 0.6 is 0 Å². The molecule has 1 aliphatic carbocycles. The van der Waals surface area contributed by atoms with Gasteiger partial charge in [0, 0.05) is 38.5 Å². The van der Waals surface area contributed by atoms with Gasteiger partial charge in [-0.05, 0) is 37.0 Å². The smallest absolute Gasteiger partial charge is 0.256 e. The van der Waals surface area contributed by atoms with Crippen molar-refractivity contribution in [1.29, 1.82) is 0 Å². The molecule has 1 aromatic carbocycles. The first-order valence-electron chi connectivity index (χ1n) is 14.4. The molecule has 13 heteroatoms. The van der Waals surface area contributed by atoms with Crippen LogP contribution in [-0.4, -0.2) is 71.6 Å². The van der Waals surface area contributed by atoms with E-state index in [2.05, 4.69) is 9.55 Å². The Morgan fingerprint density at radius 2 is 2.02 bits per heavy atom. The molecular weight excluding hydrogens is 561 g/mol. The number of imidazole rings is 2. The van der Waals surface area contributed by atoms with E-state index in [0.29, 0.717) is 59.4 Å². The van der Waals surface area contributed by atoms with E-state index < -0.39 is 25.0 Å². The largest absolute Gasteiger partial charge is 0.456 e. The summed E-state index contributed by atoms with van der Waals surface area (Å²) in [6.07, 6.45) is 3.35. The standard InChI is InChI=1S/C30H31F3N8O2/c1-38-28-22(10-20-21(36-28)7-8-40(30(20)42)13-19(34)11-31)37-29(38)23-9-18-3-2-4-24(27(18)41(23)12-17-5-6-17)43-26(33)15-39-14-25(32)35-16-39/h2-4,9-10,14,16-17,19,26H,5-8,11-13,15,34H2,1H3/t19-,26+/m1/s1. The Morgan fingerprint density at radius 3 is 2.77 bits per heavy atom. The Balaban J connectivity index is 1.27. The number of alkyl halides is 2. The summed E-state index contributed by atoms with van der Waals surface area (Å²) in [5, 5.41) is 0.864. The Hall–Kier alpha value is -4.39. The number of nitrogens with zero attached hydrogens (tertiary/aromatic N) is 7. The third-order valence-electron chi connectivity index (χ3n) is 8.17. The van der Waals surface area contributed by atoms with Gasteiger partial charge in [0.25, 0.3) is 12.3 Å². The topological polar surface area (TPSA) is 109 Å². The molecule has 1 saturated carbocycles. The number of hydrogen-bond acceptors (Lipinski definition) is 6. The first-order chi connectivity index (χ1) is 20.8. The molecule has 1 amide bonds. The normalized spacial score (nSPS) is 16.7. The number of ether oxygens (including phenoxy) is 1. The van der Waals surface area contributed by atoms with E-state index in [0.717, 1.165) is 35.6 Å². The molecule has 4 aromatic heterocycles. The van der Waals surface area contributed by atoms with Crippen LogP contribution in [0.2, 0.25) is 0 Å². The number of amides is 1. The molecule has 5 aromatic rings. The van der Waals surface area contributed by atoms with Gasteiger partial charge in [-0.25, -0.2) is 19.3 Å². The zero-order chi connectivity index (χ0) is 29.8. The molecule has 0 radical (unpaired) electrons. The number of halogens is 3. The lowest BCUT2D eigenvalue weighted by Crippen LogP contribution is -2.45. The van der Waals surface area contributed by atoms with E-state index in [1.807, 2.05) is 29.8 Å². The van der Waals surface area contributed by atoms with Gasteiger partial charge in [0.2, 0.25) is 5.95 Å². The van der Waals surface area contributed by atoms with Crippen LogP contribution in [0.25, 0.3) is 33.6 Å². The van der Waals surface area contributed by atoms with Crippen LogP contribution in [0, 0.1) is 11.9 Å².